The molecule has 0 aliphatic carbocycles. The number of carbonyl (C=O) groups is 1. The van der Waals surface area contributed by atoms with Crippen LogP contribution in [0.4, 0.5) is 4.79 Å². The van der Waals surface area contributed by atoms with E-state index in [0.29, 0.717) is 23.3 Å². The Morgan fingerprint density at radius 2 is 2.20 bits per heavy atom. The predicted octanol–water partition coefficient (Wildman–Crippen LogP) is 1.35. The highest BCUT2D eigenvalue weighted by Crippen LogP contribution is 2.06. The van der Waals surface area contributed by atoms with Crippen LogP contribution in [-0.2, 0) is 13.1 Å². The van der Waals surface area contributed by atoms with Crippen LogP contribution in [0.15, 0.2) is 47.8 Å². The van der Waals surface area contributed by atoms with Gasteiger partial charge in [0.25, 0.3) is 5.56 Å². The molecule has 8 heteroatoms. The fourth-order valence-corrected chi connectivity index (χ4v) is 2.52. The molecule has 2 N–H and O–H groups in total. The molecule has 0 saturated heterocycles. The van der Waals surface area contributed by atoms with Crippen LogP contribution in [0.3, 0.4) is 0 Å². The second-order valence-corrected chi connectivity index (χ2v) is 5.77. The van der Waals surface area contributed by atoms with Gasteiger partial charge in [0.2, 0.25) is 0 Å². The molecule has 0 atom stereocenters. The van der Waals surface area contributed by atoms with Gasteiger partial charge in [-0.1, -0.05) is 12.1 Å². The molecule has 0 radical (unpaired) electrons. The largest absolute Gasteiger partial charge is 0.338 e. The minimum absolute atomic E-state index is 0.199. The summed E-state index contributed by atoms with van der Waals surface area (Å²) in [4.78, 5) is 36.8. The molecular weight excluding hydrogens is 320 g/mol. The van der Waals surface area contributed by atoms with Crippen molar-refractivity contribution in [3.05, 3.63) is 59.2 Å². The summed E-state index contributed by atoms with van der Waals surface area (Å²) in [5.41, 5.74) is 0.421. The number of benzene rings is 1. The van der Waals surface area contributed by atoms with Gasteiger partial charge in [-0.05, 0) is 18.6 Å². The smallest absolute Gasteiger partial charge is 0.317 e. The van der Waals surface area contributed by atoms with Crippen molar-refractivity contribution < 1.29 is 4.79 Å². The number of hydrogen-bond donors (Lipinski definition) is 2. The molecule has 2 aromatic heterocycles. The van der Waals surface area contributed by atoms with Crippen molar-refractivity contribution in [1.29, 1.82) is 0 Å². The number of amides is 2. The number of H-pyrrole nitrogens is 1. The lowest BCUT2D eigenvalue weighted by Crippen LogP contribution is -2.38. The van der Waals surface area contributed by atoms with E-state index in [1.165, 1.54) is 4.90 Å². The molecule has 1 aromatic carbocycles. The van der Waals surface area contributed by atoms with Crippen LogP contribution in [0.2, 0.25) is 0 Å². The number of para-hydroxylation sites is 1. The number of fused-ring (bicyclic) bond motifs is 1. The first kappa shape index (κ1) is 16.7. The topological polar surface area (TPSA) is 95.9 Å². The lowest BCUT2D eigenvalue weighted by atomic mass is 10.2. The molecule has 0 saturated carbocycles. The van der Waals surface area contributed by atoms with Gasteiger partial charge >= 0.3 is 6.03 Å². The molecule has 130 valence electrons. The standard InChI is InChI=1S/C17H20N6O2/c1-22(17(25)19-7-4-9-23-10-8-18-12-23)11-15-20-14-6-3-2-5-13(14)16(24)21-15/h2-3,5-6,8,10,12H,4,7,9,11H2,1H3,(H,19,25)(H,20,21,24). The molecule has 3 rings (SSSR count). The van der Waals surface area contributed by atoms with Gasteiger partial charge in [0.1, 0.15) is 5.82 Å². The molecular formula is C17H20N6O2. The zero-order valence-electron chi connectivity index (χ0n) is 14.0. The first-order valence-corrected chi connectivity index (χ1v) is 8.06. The molecule has 0 unspecified atom stereocenters. The van der Waals surface area contributed by atoms with Gasteiger partial charge in [0.15, 0.2) is 0 Å². The van der Waals surface area contributed by atoms with Gasteiger partial charge in [-0.25, -0.2) is 14.8 Å². The minimum atomic E-state index is -0.207. The zero-order valence-corrected chi connectivity index (χ0v) is 14.0. The maximum absolute atomic E-state index is 12.1. The number of aryl methyl sites for hydroxylation is 1. The van der Waals surface area contributed by atoms with E-state index in [-0.39, 0.29) is 18.1 Å². The third-order valence-corrected chi connectivity index (χ3v) is 3.82. The van der Waals surface area contributed by atoms with E-state index in [1.807, 2.05) is 16.8 Å². The summed E-state index contributed by atoms with van der Waals surface area (Å²) in [7, 11) is 1.67. The Hall–Kier alpha value is -3.16. The maximum atomic E-state index is 12.1. The molecule has 3 aromatic rings. The Bertz CT molecular complexity index is 903. The SMILES string of the molecule is CN(Cc1nc2ccccc2c(=O)[nH]1)C(=O)NCCCn1ccnc1. The number of imidazole rings is 1. The van der Waals surface area contributed by atoms with Crippen molar-refractivity contribution in [2.24, 2.45) is 0 Å². The highest BCUT2D eigenvalue weighted by molar-refractivity contribution is 5.77. The van der Waals surface area contributed by atoms with E-state index in [2.05, 4.69) is 20.3 Å². The van der Waals surface area contributed by atoms with Crippen LogP contribution in [0.25, 0.3) is 10.9 Å². The van der Waals surface area contributed by atoms with Crippen molar-refractivity contribution in [3.8, 4) is 0 Å². The fourth-order valence-electron chi connectivity index (χ4n) is 2.52. The molecule has 8 nitrogen and oxygen atoms in total. The third kappa shape index (κ3) is 4.23. The van der Waals surface area contributed by atoms with Crippen LogP contribution in [0, 0.1) is 0 Å². The first-order valence-electron chi connectivity index (χ1n) is 8.06. The monoisotopic (exact) mass is 340 g/mol. The fraction of sp³-hybridized carbons (Fsp3) is 0.294. The van der Waals surface area contributed by atoms with Crippen LogP contribution in [-0.4, -0.2) is 44.0 Å². The highest BCUT2D eigenvalue weighted by atomic mass is 16.2. The third-order valence-electron chi connectivity index (χ3n) is 3.82. The summed E-state index contributed by atoms with van der Waals surface area (Å²) in [6, 6.07) is 6.92. The average molecular weight is 340 g/mol. The molecule has 2 heterocycles. The Morgan fingerprint density at radius 3 is 3.00 bits per heavy atom. The molecule has 25 heavy (non-hydrogen) atoms. The van der Waals surface area contributed by atoms with E-state index in [0.717, 1.165) is 13.0 Å². The second-order valence-electron chi connectivity index (χ2n) is 5.77. The summed E-state index contributed by atoms with van der Waals surface area (Å²) >= 11 is 0. The number of nitrogens with zero attached hydrogens (tertiary/aromatic N) is 4. The molecule has 0 aliphatic rings. The Balaban J connectivity index is 1.53. The Labute approximate surface area is 144 Å². The van der Waals surface area contributed by atoms with E-state index in [4.69, 9.17) is 0 Å². The number of nitrogens with one attached hydrogen (secondary N) is 2. The minimum Gasteiger partial charge on any atom is -0.338 e. The summed E-state index contributed by atoms with van der Waals surface area (Å²) < 4.78 is 1.96. The summed E-state index contributed by atoms with van der Waals surface area (Å²) in [5.74, 6) is 0.458. The Kier molecular flexibility index (Phi) is 5.08. The highest BCUT2D eigenvalue weighted by Gasteiger charge is 2.11. The van der Waals surface area contributed by atoms with Crippen molar-refractivity contribution in [1.82, 2.24) is 29.7 Å². The number of aromatic amines is 1. The summed E-state index contributed by atoms with van der Waals surface area (Å²) in [6.07, 6.45) is 6.16. The summed E-state index contributed by atoms with van der Waals surface area (Å²) in [5, 5.41) is 3.39. The average Bonchev–Trinajstić information content (AvgIpc) is 3.12. The van der Waals surface area contributed by atoms with Crippen molar-refractivity contribution >= 4 is 16.9 Å². The lowest BCUT2D eigenvalue weighted by molar-refractivity contribution is 0.205. The van der Waals surface area contributed by atoms with Crippen LogP contribution in [0.1, 0.15) is 12.2 Å². The summed E-state index contributed by atoms with van der Waals surface area (Å²) in [6.45, 7) is 1.58. The quantitative estimate of drug-likeness (QED) is 0.662. The van der Waals surface area contributed by atoms with Gasteiger partial charge in [0.05, 0.1) is 23.8 Å². The van der Waals surface area contributed by atoms with Gasteiger partial charge in [0, 0.05) is 32.5 Å². The van der Waals surface area contributed by atoms with Crippen molar-refractivity contribution in [2.75, 3.05) is 13.6 Å². The van der Waals surface area contributed by atoms with E-state index in [9.17, 15) is 9.59 Å². The van der Waals surface area contributed by atoms with E-state index >= 15 is 0 Å². The number of carbonyl (C=O) groups excluding carboxylic acids is 1. The van der Waals surface area contributed by atoms with Gasteiger partial charge in [-0.2, -0.15) is 0 Å². The van der Waals surface area contributed by atoms with E-state index in [1.54, 1.807) is 37.8 Å². The molecule has 0 fully saturated rings. The van der Waals surface area contributed by atoms with Crippen molar-refractivity contribution in [2.45, 2.75) is 19.5 Å². The predicted molar refractivity (Wildman–Crippen MR) is 94.1 cm³/mol. The lowest BCUT2D eigenvalue weighted by Gasteiger charge is -2.17. The number of aromatic nitrogens is 4. The molecule has 0 bridgehead atoms. The maximum Gasteiger partial charge on any atom is 0.317 e. The first-order chi connectivity index (χ1) is 12.1. The van der Waals surface area contributed by atoms with Crippen LogP contribution >= 0.6 is 0 Å². The van der Waals surface area contributed by atoms with Gasteiger partial charge in [-0.3, -0.25) is 4.79 Å². The van der Waals surface area contributed by atoms with Crippen LogP contribution in [0.5, 0.6) is 0 Å². The zero-order chi connectivity index (χ0) is 17.6. The normalized spacial score (nSPS) is 10.8. The molecule has 0 aliphatic heterocycles. The van der Waals surface area contributed by atoms with E-state index < -0.39 is 0 Å². The number of hydrogen-bond acceptors (Lipinski definition) is 4. The molecule has 0 spiro atoms. The molecule has 2 amide bonds. The van der Waals surface area contributed by atoms with Gasteiger partial charge in [-0.15, -0.1) is 0 Å². The Morgan fingerprint density at radius 1 is 1.36 bits per heavy atom. The van der Waals surface area contributed by atoms with Crippen LogP contribution < -0.4 is 10.9 Å². The number of rotatable bonds is 6. The number of urea groups is 1. The van der Waals surface area contributed by atoms with Gasteiger partial charge < -0.3 is 19.8 Å². The van der Waals surface area contributed by atoms with Crippen molar-refractivity contribution in [3.63, 3.8) is 0 Å². The second kappa shape index (κ2) is 7.61.